The smallest absolute Gasteiger partial charge is 0.251 e. The van der Waals surface area contributed by atoms with Gasteiger partial charge in [0, 0.05) is 48.5 Å². The zero-order chi connectivity index (χ0) is 31.9. The quantitative estimate of drug-likeness (QED) is 0.417. The van der Waals surface area contributed by atoms with Gasteiger partial charge in [0.05, 0.1) is 35.8 Å². The highest BCUT2D eigenvalue weighted by Gasteiger charge is 2.71. The molecule has 1 spiro atoms. The molecular formula is C35H42N4O5S. The minimum absolute atomic E-state index is 0.136. The predicted molar refractivity (Wildman–Crippen MR) is 179 cm³/mol. The van der Waals surface area contributed by atoms with E-state index in [2.05, 4.69) is 18.7 Å². The van der Waals surface area contributed by atoms with Crippen LogP contribution >= 0.6 is 11.8 Å². The van der Waals surface area contributed by atoms with Crippen LogP contribution in [-0.2, 0) is 14.4 Å². The second-order valence-electron chi connectivity index (χ2n) is 12.0. The normalized spacial score (nSPS) is 28.0. The van der Waals surface area contributed by atoms with E-state index < -0.39 is 28.7 Å². The third-order valence-electron chi connectivity index (χ3n) is 9.59. The van der Waals surface area contributed by atoms with Crippen LogP contribution in [0.4, 0.5) is 17.1 Å². The van der Waals surface area contributed by atoms with Gasteiger partial charge in [-0.3, -0.25) is 14.4 Å². The maximum atomic E-state index is 14.7. The van der Waals surface area contributed by atoms with E-state index in [0.29, 0.717) is 19.7 Å². The van der Waals surface area contributed by atoms with Crippen LogP contribution in [0.1, 0.15) is 27.7 Å². The summed E-state index contributed by atoms with van der Waals surface area (Å²) in [6.07, 6.45) is 8.00. The minimum atomic E-state index is -0.954. The highest BCUT2D eigenvalue weighted by molar-refractivity contribution is 8.02. The van der Waals surface area contributed by atoms with E-state index in [1.165, 1.54) is 0 Å². The van der Waals surface area contributed by atoms with Crippen molar-refractivity contribution in [3.63, 3.8) is 0 Å². The zero-order valence-corrected chi connectivity index (χ0v) is 27.2. The minimum Gasteiger partial charge on any atom is -0.494 e. The molecule has 10 heteroatoms. The van der Waals surface area contributed by atoms with Crippen LogP contribution in [0, 0.1) is 11.8 Å². The largest absolute Gasteiger partial charge is 0.494 e. The lowest BCUT2D eigenvalue weighted by atomic mass is 9.78. The van der Waals surface area contributed by atoms with E-state index in [0.717, 1.165) is 35.9 Å². The Morgan fingerprint density at radius 3 is 2.16 bits per heavy atom. The summed E-state index contributed by atoms with van der Waals surface area (Å²) < 4.78 is 4.64. The Hall–Kier alpha value is -3.76. The van der Waals surface area contributed by atoms with Crippen LogP contribution in [0.25, 0.3) is 0 Å². The fraction of sp³-hybridized carbons (Fsp3) is 0.457. The van der Waals surface area contributed by atoms with Crippen LogP contribution in [0.2, 0.25) is 0 Å². The first-order chi connectivity index (χ1) is 21.8. The molecule has 1 unspecified atom stereocenters. The zero-order valence-electron chi connectivity index (χ0n) is 26.3. The number of rotatable bonds is 9. The number of aliphatic hydroxyl groups excluding tert-OH is 1. The summed E-state index contributed by atoms with van der Waals surface area (Å²) in [5.41, 5.74) is 2.56. The number of fused-ring (bicyclic) bond motifs is 2. The molecule has 1 N–H and O–H groups in total. The molecule has 45 heavy (non-hydrogen) atoms. The molecule has 238 valence electrons. The van der Waals surface area contributed by atoms with Gasteiger partial charge in [-0.2, -0.15) is 0 Å². The predicted octanol–water partition coefficient (Wildman–Crippen LogP) is 4.12. The second-order valence-corrected chi connectivity index (χ2v) is 13.5. The molecule has 4 aliphatic rings. The lowest BCUT2D eigenvalue weighted by molar-refractivity contribution is -0.141. The van der Waals surface area contributed by atoms with E-state index in [1.54, 1.807) is 33.4 Å². The van der Waals surface area contributed by atoms with Gasteiger partial charge in [-0.1, -0.05) is 24.3 Å². The van der Waals surface area contributed by atoms with E-state index >= 15 is 0 Å². The summed E-state index contributed by atoms with van der Waals surface area (Å²) >= 11 is 1.54. The van der Waals surface area contributed by atoms with Crippen molar-refractivity contribution in [1.29, 1.82) is 0 Å². The molecule has 0 aromatic heterocycles. The number of hydrogen-bond donors (Lipinski definition) is 1. The maximum Gasteiger partial charge on any atom is 0.251 e. The fourth-order valence-electron chi connectivity index (χ4n) is 7.42. The van der Waals surface area contributed by atoms with Gasteiger partial charge in [0.2, 0.25) is 11.8 Å². The Morgan fingerprint density at radius 1 is 0.911 bits per heavy atom. The van der Waals surface area contributed by atoms with Gasteiger partial charge < -0.3 is 29.4 Å². The SMILES string of the molecule is CCOc1ccc(N2CC=C[C@H]3S[C@]45C=CCN(c6ccc(N(CC)CC)cc6)C(=O)C4N([C@H](C)CO)C(=O)[C@@H]5[C@H]3C2=O)cc1. The summed E-state index contributed by atoms with van der Waals surface area (Å²) in [4.78, 5) is 50.8. The Morgan fingerprint density at radius 2 is 1.53 bits per heavy atom. The number of carbonyl (C=O) groups is 3. The third kappa shape index (κ3) is 5.12. The molecule has 2 aromatic carbocycles. The van der Waals surface area contributed by atoms with Crippen molar-refractivity contribution in [2.45, 2.75) is 49.8 Å². The van der Waals surface area contributed by atoms with Crippen molar-refractivity contribution in [1.82, 2.24) is 4.90 Å². The topological polar surface area (TPSA) is 93.6 Å². The number of anilines is 3. The molecule has 2 saturated heterocycles. The molecule has 0 saturated carbocycles. The van der Waals surface area contributed by atoms with E-state index in [9.17, 15) is 19.5 Å². The molecule has 0 bridgehead atoms. The molecule has 9 nitrogen and oxygen atoms in total. The highest BCUT2D eigenvalue weighted by atomic mass is 32.2. The average molecular weight is 631 g/mol. The molecule has 2 fully saturated rings. The van der Waals surface area contributed by atoms with Crippen LogP contribution < -0.4 is 19.4 Å². The Bertz CT molecular complexity index is 1490. The van der Waals surface area contributed by atoms with Gasteiger partial charge in [-0.05, 0) is 76.2 Å². The van der Waals surface area contributed by atoms with Gasteiger partial charge in [0.25, 0.3) is 5.91 Å². The van der Waals surface area contributed by atoms with Crippen LogP contribution in [0.3, 0.4) is 0 Å². The lowest BCUT2D eigenvalue weighted by Crippen LogP contribution is -2.56. The van der Waals surface area contributed by atoms with Crippen molar-refractivity contribution in [3.8, 4) is 5.75 Å². The van der Waals surface area contributed by atoms with Crippen molar-refractivity contribution in [2.24, 2.45) is 11.8 Å². The molecular weight excluding hydrogens is 588 g/mol. The van der Waals surface area contributed by atoms with Gasteiger partial charge in [-0.15, -0.1) is 11.8 Å². The number of aliphatic hydroxyl groups is 1. The number of nitrogens with zero attached hydrogens (tertiary/aromatic N) is 4. The molecule has 2 aromatic rings. The molecule has 4 aliphatic heterocycles. The summed E-state index contributed by atoms with van der Waals surface area (Å²) in [7, 11) is 0. The number of hydrogen-bond acceptors (Lipinski definition) is 7. The number of likely N-dealkylation sites (tertiary alicyclic amines) is 1. The summed E-state index contributed by atoms with van der Waals surface area (Å²) in [6, 6.07) is 13.9. The summed E-state index contributed by atoms with van der Waals surface area (Å²) in [5, 5.41) is 10.00. The first-order valence-corrected chi connectivity index (χ1v) is 16.8. The fourth-order valence-corrected chi connectivity index (χ4v) is 9.42. The van der Waals surface area contributed by atoms with E-state index in [4.69, 9.17) is 4.74 Å². The number of carbonyl (C=O) groups excluding carboxylic acids is 3. The first kappa shape index (κ1) is 31.2. The highest BCUT2D eigenvalue weighted by Crippen LogP contribution is 2.61. The van der Waals surface area contributed by atoms with Crippen LogP contribution in [-0.4, -0.2) is 89.2 Å². The molecule has 6 rings (SSSR count). The summed E-state index contributed by atoms with van der Waals surface area (Å²) in [5.74, 6) is -1.28. The lowest BCUT2D eigenvalue weighted by Gasteiger charge is -2.37. The van der Waals surface area contributed by atoms with E-state index in [-0.39, 0.29) is 29.6 Å². The number of ether oxygens (including phenoxy) is 1. The van der Waals surface area contributed by atoms with Crippen LogP contribution in [0.5, 0.6) is 5.75 Å². The average Bonchev–Trinajstić information content (AvgIpc) is 3.38. The standard InChI is InChI=1S/C35H42N4O5S/c1-5-36(6-2)24-11-13-25(14-12-24)38-21-9-19-35-30(33(42)39(23(4)22-40)31(35)34(38)43)29-28(45-35)10-8-20-37(32(29)41)26-15-17-27(18-16-26)44-7-3/h8-19,23,28-31,40H,5-7,20-22H2,1-4H3/t23-,28-,29+,30+,31?,35+/m1/s1. The number of thioether (sulfide) groups is 1. The van der Waals surface area contributed by atoms with Gasteiger partial charge in [0.15, 0.2) is 0 Å². The van der Waals surface area contributed by atoms with Crippen molar-refractivity contribution in [2.75, 3.05) is 54.1 Å². The summed E-state index contributed by atoms with van der Waals surface area (Å²) in [6.45, 7) is 10.7. The van der Waals surface area contributed by atoms with Crippen LogP contribution in [0.15, 0.2) is 72.8 Å². The molecule has 0 aliphatic carbocycles. The van der Waals surface area contributed by atoms with Crippen molar-refractivity contribution < 1.29 is 24.2 Å². The molecule has 0 radical (unpaired) electrons. The third-order valence-corrected chi connectivity index (χ3v) is 11.3. The Balaban J connectivity index is 1.37. The molecule has 3 amide bonds. The van der Waals surface area contributed by atoms with Crippen molar-refractivity contribution >= 4 is 46.5 Å². The number of amides is 3. The Labute approximate surface area is 269 Å². The van der Waals surface area contributed by atoms with Gasteiger partial charge in [-0.25, -0.2) is 0 Å². The van der Waals surface area contributed by atoms with E-state index in [1.807, 2.05) is 79.8 Å². The van der Waals surface area contributed by atoms with Gasteiger partial charge >= 0.3 is 0 Å². The maximum absolute atomic E-state index is 14.7. The van der Waals surface area contributed by atoms with Crippen molar-refractivity contribution in [3.05, 3.63) is 72.8 Å². The molecule has 6 atom stereocenters. The molecule has 4 heterocycles. The number of benzene rings is 2. The van der Waals surface area contributed by atoms with Gasteiger partial charge in [0.1, 0.15) is 11.8 Å². The monoisotopic (exact) mass is 630 g/mol. The second kappa shape index (κ2) is 12.6. The Kier molecular flexibility index (Phi) is 8.72. The first-order valence-electron chi connectivity index (χ1n) is 15.9.